The summed E-state index contributed by atoms with van der Waals surface area (Å²) in [6.45, 7) is 0. The lowest BCUT2D eigenvalue weighted by atomic mass is 10.2. The average molecular weight is 301 g/mol. The lowest BCUT2D eigenvalue weighted by molar-refractivity contribution is 0.108. The van der Waals surface area contributed by atoms with E-state index in [9.17, 15) is 4.79 Å². The van der Waals surface area contributed by atoms with Gasteiger partial charge in [0.1, 0.15) is 0 Å². The molecule has 0 saturated carbocycles. The smallest absolute Gasteiger partial charge is 0.253 e. The van der Waals surface area contributed by atoms with Crippen LogP contribution in [0.4, 0.5) is 0 Å². The Kier molecular flexibility index (Phi) is 3.16. The molecule has 4 heteroatoms. The van der Waals surface area contributed by atoms with Gasteiger partial charge in [-0.05, 0) is 52.4 Å². The van der Waals surface area contributed by atoms with Crippen molar-refractivity contribution in [1.82, 2.24) is 0 Å². The van der Waals surface area contributed by atoms with Crippen molar-refractivity contribution in [3.8, 4) is 0 Å². The van der Waals surface area contributed by atoms with Gasteiger partial charge < -0.3 is 0 Å². The predicted octanol–water partition coefficient (Wildman–Crippen LogP) is 3.32. The molecular weight excluding hydrogens is 298 g/mol. The Labute approximate surface area is 87.8 Å². The fourth-order valence-corrected chi connectivity index (χ4v) is 2.09. The van der Waals surface area contributed by atoms with Crippen LogP contribution in [-0.2, 0) is 0 Å². The summed E-state index contributed by atoms with van der Waals surface area (Å²) < 4.78 is 0.773. The van der Waals surface area contributed by atoms with Gasteiger partial charge in [-0.3, -0.25) is 4.79 Å². The SMILES string of the molecule is O=C(Cl)c1ccc(Cl)cc1I. The van der Waals surface area contributed by atoms with Crippen LogP contribution in [0.25, 0.3) is 0 Å². The minimum Gasteiger partial charge on any atom is -0.276 e. The average Bonchev–Trinajstić information content (AvgIpc) is 1.85. The van der Waals surface area contributed by atoms with Crippen LogP contribution in [0.1, 0.15) is 10.4 Å². The van der Waals surface area contributed by atoms with Gasteiger partial charge in [-0.25, -0.2) is 0 Å². The zero-order valence-electron chi connectivity index (χ0n) is 5.27. The van der Waals surface area contributed by atoms with Crippen LogP contribution in [0.2, 0.25) is 5.02 Å². The van der Waals surface area contributed by atoms with Crippen molar-refractivity contribution in [1.29, 1.82) is 0 Å². The molecule has 0 N–H and O–H groups in total. The highest BCUT2D eigenvalue weighted by molar-refractivity contribution is 14.1. The van der Waals surface area contributed by atoms with E-state index in [0.29, 0.717) is 10.6 Å². The van der Waals surface area contributed by atoms with Crippen molar-refractivity contribution in [2.75, 3.05) is 0 Å². The van der Waals surface area contributed by atoms with Crippen LogP contribution < -0.4 is 0 Å². The summed E-state index contributed by atoms with van der Waals surface area (Å²) in [4.78, 5) is 10.7. The molecule has 1 rings (SSSR count). The minimum absolute atomic E-state index is 0.453. The number of benzene rings is 1. The molecule has 0 fully saturated rings. The Balaban J connectivity index is 3.20. The monoisotopic (exact) mass is 300 g/mol. The van der Waals surface area contributed by atoms with Crippen molar-refractivity contribution in [2.24, 2.45) is 0 Å². The molecule has 0 unspecified atom stereocenters. The Hall–Kier alpha value is 0.200. The Morgan fingerprint density at radius 1 is 1.45 bits per heavy atom. The van der Waals surface area contributed by atoms with Gasteiger partial charge in [0.2, 0.25) is 0 Å². The number of hydrogen-bond donors (Lipinski definition) is 0. The van der Waals surface area contributed by atoms with Crippen LogP contribution >= 0.6 is 45.8 Å². The van der Waals surface area contributed by atoms with Gasteiger partial charge in [0, 0.05) is 14.2 Å². The van der Waals surface area contributed by atoms with Crippen LogP contribution in [0, 0.1) is 3.57 Å². The lowest BCUT2D eigenvalue weighted by Crippen LogP contribution is -1.91. The molecule has 1 aromatic rings. The molecule has 1 aromatic carbocycles. The summed E-state index contributed by atoms with van der Waals surface area (Å²) in [5.74, 6) is 0. The second kappa shape index (κ2) is 3.74. The van der Waals surface area contributed by atoms with Crippen molar-refractivity contribution in [3.63, 3.8) is 0 Å². The third-order valence-corrected chi connectivity index (χ3v) is 2.47. The first-order chi connectivity index (χ1) is 5.11. The summed E-state index contributed by atoms with van der Waals surface area (Å²) in [5, 5.41) is 0.155. The van der Waals surface area contributed by atoms with Gasteiger partial charge in [-0.1, -0.05) is 11.6 Å². The molecule has 0 aromatic heterocycles. The molecular formula is C7H3Cl2IO. The largest absolute Gasteiger partial charge is 0.276 e. The molecule has 0 spiro atoms. The summed E-state index contributed by atoms with van der Waals surface area (Å²) in [5.41, 5.74) is 0.497. The van der Waals surface area contributed by atoms with Crippen molar-refractivity contribution < 1.29 is 4.79 Å². The Morgan fingerprint density at radius 2 is 2.09 bits per heavy atom. The number of rotatable bonds is 1. The maximum absolute atomic E-state index is 10.7. The quantitative estimate of drug-likeness (QED) is 0.574. The number of carbonyl (C=O) groups is 1. The van der Waals surface area contributed by atoms with Gasteiger partial charge in [-0.15, -0.1) is 0 Å². The maximum atomic E-state index is 10.7. The van der Waals surface area contributed by atoms with Gasteiger partial charge in [0.25, 0.3) is 5.24 Å². The number of hydrogen-bond acceptors (Lipinski definition) is 1. The second-order valence-electron chi connectivity index (χ2n) is 1.90. The van der Waals surface area contributed by atoms with Crippen LogP contribution in [0.15, 0.2) is 18.2 Å². The predicted molar refractivity (Wildman–Crippen MR) is 54.4 cm³/mol. The molecule has 0 aliphatic heterocycles. The van der Waals surface area contributed by atoms with E-state index in [4.69, 9.17) is 23.2 Å². The van der Waals surface area contributed by atoms with Crippen LogP contribution in [0.3, 0.4) is 0 Å². The van der Waals surface area contributed by atoms with Gasteiger partial charge >= 0.3 is 0 Å². The highest BCUT2D eigenvalue weighted by Gasteiger charge is 2.05. The summed E-state index contributed by atoms with van der Waals surface area (Å²) in [6, 6.07) is 4.94. The molecule has 0 amide bonds. The maximum Gasteiger partial charge on any atom is 0.253 e. The molecule has 0 heterocycles. The molecule has 11 heavy (non-hydrogen) atoms. The number of halogens is 3. The fourth-order valence-electron chi connectivity index (χ4n) is 0.649. The molecule has 0 atom stereocenters. The molecule has 0 saturated heterocycles. The standard InChI is InChI=1S/C7H3Cl2IO/c8-4-1-2-5(7(9)11)6(10)3-4/h1-3H. The van der Waals surface area contributed by atoms with E-state index < -0.39 is 5.24 Å². The van der Waals surface area contributed by atoms with E-state index in [1.807, 2.05) is 22.6 Å². The first-order valence-electron chi connectivity index (χ1n) is 2.76. The normalized spacial score (nSPS) is 9.73. The zero-order chi connectivity index (χ0) is 8.43. The van der Waals surface area contributed by atoms with Crippen molar-refractivity contribution in [2.45, 2.75) is 0 Å². The number of carbonyl (C=O) groups excluding carboxylic acids is 1. The third kappa shape index (κ3) is 2.32. The molecule has 0 radical (unpaired) electrons. The zero-order valence-corrected chi connectivity index (χ0v) is 8.94. The molecule has 0 aliphatic rings. The highest BCUT2D eigenvalue weighted by atomic mass is 127. The second-order valence-corrected chi connectivity index (χ2v) is 3.84. The molecule has 0 aliphatic carbocycles. The Bertz CT molecular complexity index is 298. The van der Waals surface area contributed by atoms with E-state index >= 15 is 0 Å². The van der Waals surface area contributed by atoms with Crippen LogP contribution in [0.5, 0.6) is 0 Å². The van der Waals surface area contributed by atoms with Crippen molar-refractivity contribution >= 4 is 51.0 Å². The highest BCUT2D eigenvalue weighted by Crippen LogP contribution is 2.19. The summed E-state index contributed by atoms with van der Waals surface area (Å²) in [7, 11) is 0. The topological polar surface area (TPSA) is 17.1 Å². The Morgan fingerprint density at radius 3 is 2.55 bits per heavy atom. The van der Waals surface area contributed by atoms with E-state index in [0.717, 1.165) is 3.57 Å². The molecule has 1 nitrogen and oxygen atoms in total. The lowest BCUT2D eigenvalue weighted by Gasteiger charge is -1.97. The minimum atomic E-state index is -0.453. The first kappa shape index (κ1) is 9.29. The first-order valence-corrected chi connectivity index (χ1v) is 4.59. The summed E-state index contributed by atoms with van der Waals surface area (Å²) in [6.07, 6.45) is 0. The van der Waals surface area contributed by atoms with Crippen molar-refractivity contribution in [3.05, 3.63) is 32.4 Å². The third-order valence-electron chi connectivity index (χ3n) is 1.14. The summed E-state index contributed by atoms with van der Waals surface area (Å²) >= 11 is 12.9. The van der Waals surface area contributed by atoms with E-state index in [1.54, 1.807) is 18.2 Å². The van der Waals surface area contributed by atoms with E-state index in [2.05, 4.69) is 0 Å². The van der Waals surface area contributed by atoms with Gasteiger partial charge in [0.05, 0.1) is 0 Å². The fraction of sp³-hybridized carbons (Fsp3) is 0. The van der Waals surface area contributed by atoms with E-state index in [-0.39, 0.29) is 0 Å². The van der Waals surface area contributed by atoms with Gasteiger partial charge in [-0.2, -0.15) is 0 Å². The van der Waals surface area contributed by atoms with Gasteiger partial charge in [0.15, 0.2) is 0 Å². The molecule has 0 bridgehead atoms. The van der Waals surface area contributed by atoms with E-state index in [1.165, 1.54) is 0 Å². The van der Waals surface area contributed by atoms with Crippen LogP contribution in [-0.4, -0.2) is 5.24 Å². The molecule has 58 valence electrons.